The first kappa shape index (κ1) is 12.9. The lowest BCUT2D eigenvalue weighted by Gasteiger charge is -2.40. The molecule has 0 saturated carbocycles. The van der Waals surface area contributed by atoms with Gasteiger partial charge in [-0.15, -0.1) is 0 Å². The number of rotatable bonds is 3. The smallest absolute Gasteiger partial charge is 0.186 e. The lowest BCUT2D eigenvalue weighted by molar-refractivity contribution is -0.304. The molecule has 5 heteroatoms. The molecule has 1 heterocycles. The zero-order valence-corrected chi connectivity index (χ0v) is 9.33. The number of aliphatic hydroxyl groups is 3. The summed E-state index contributed by atoms with van der Waals surface area (Å²) in [5, 5.41) is 28.8. The van der Waals surface area contributed by atoms with Crippen LogP contribution >= 0.6 is 0 Å². The molecule has 0 amide bonds. The zero-order valence-electron chi connectivity index (χ0n) is 9.33. The van der Waals surface area contributed by atoms with Crippen LogP contribution in [-0.4, -0.2) is 52.1 Å². The van der Waals surface area contributed by atoms with Crippen molar-refractivity contribution in [3.63, 3.8) is 0 Å². The fourth-order valence-electron chi connectivity index (χ4n) is 1.63. The molecule has 5 nitrogen and oxygen atoms in total. The van der Waals surface area contributed by atoms with Crippen LogP contribution in [0, 0.1) is 0 Å². The summed E-state index contributed by atoms with van der Waals surface area (Å²) in [5.41, 5.74) is 0. The Morgan fingerprint density at radius 1 is 1.13 bits per heavy atom. The largest absolute Gasteiger partial charge is 0.388 e. The van der Waals surface area contributed by atoms with E-state index < -0.39 is 30.7 Å². The number of ether oxygens (including phenoxy) is 2. The first-order chi connectivity index (χ1) is 6.97. The van der Waals surface area contributed by atoms with Crippen molar-refractivity contribution in [1.29, 1.82) is 0 Å². The molecule has 0 radical (unpaired) electrons. The second-order valence-electron chi connectivity index (χ2n) is 4.11. The standard InChI is InChI=1S/C10H20O5/c1-4-6-7(11)8(12)9(13)10(15-6)14-5(2)3/h5-13H,4H2,1-3H3/t6?,7-,8-,9?,10+/m0/s1. The van der Waals surface area contributed by atoms with Gasteiger partial charge in [0.25, 0.3) is 0 Å². The molecule has 1 aliphatic rings. The van der Waals surface area contributed by atoms with Crippen molar-refractivity contribution in [2.75, 3.05) is 0 Å². The molecular weight excluding hydrogens is 200 g/mol. The van der Waals surface area contributed by atoms with Gasteiger partial charge in [-0.05, 0) is 20.3 Å². The molecule has 15 heavy (non-hydrogen) atoms. The first-order valence-electron chi connectivity index (χ1n) is 5.32. The molecule has 1 fully saturated rings. The van der Waals surface area contributed by atoms with E-state index in [-0.39, 0.29) is 6.10 Å². The second-order valence-corrected chi connectivity index (χ2v) is 4.11. The SMILES string of the molecule is CCC1O[C@@H](OC(C)C)C(O)[C@@H](O)[C@H]1O. The van der Waals surface area contributed by atoms with Gasteiger partial charge in [0.05, 0.1) is 12.2 Å². The van der Waals surface area contributed by atoms with Crippen molar-refractivity contribution in [3.05, 3.63) is 0 Å². The molecule has 3 N–H and O–H groups in total. The maximum absolute atomic E-state index is 9.61. The zero-order chi connectivity index (χ0) is 11.6. The summed E-state index contributed by atoms with van der Waals surface area (Å²) in [6.45, 7) is 5.47. The van der Waals surface area contributed by atoms with Gasteiger partial charge in [-0.1, -0.05) is 6.92 Å². The fourth-order valence-corrected chi connectivity index (χ4v) is 1.63. The van der Waals surface area contributed by atoms with Crippen LogP contribution in [0.3, 0.4) is 0 Å². The second kappa shape index (κ2) is 5.23. The van der Waals surface area contributed by atoms with Crippen molar-refractivity contribution in [3.8, 4) is 0 Å². The Hall–Kier alpha value is -0.200. The highest BCUT2D eigenvalue weighted by Gasteiger charge is 2.43. The molecule has 1 rings (SSSR count). The van der Waals surface area contributed by atoms with Crippen molar-refractivity contribution >= 4 is 0 Å². The highest BCUT2D eigenvalue weighted by Crippen LogP contribution is 2.24. The van der Waals surface area contributed by atoms with Crippen LogP contribution < -0.4 is 0 Å². The predicted molar refractivity (Wildman–Crippen MR) is 53.2 cm³/mol. The molecule has 0 aromatic carbocycles. The van der Waals surface area contributed by atoms with E-state index >= 15 is 0 Å². The van der Waals surface area contributed by atoms with E-state index in [1.54, 1.807) is 0 Å². The minimum absolute atomic E-state index is 0.107. The van der Waals surface area contributed by atoms with E-state index in [4.69, 9.17) is 9.47 Å². The molecule has 0 bridgehead atoms. The highest BCUT2D eigenvalue weighted by molar-refractivity contribution is 4.88. The van der Waals surface area contributed by atoms with Crippen LogP contribution in [-0.2, 0) is 9.47 Å². The summed E-state index contributed by atoms with van der Waals surface area (Å²) in [7, 11) is 0. The minimum Gasteiger partial charge on any atom is -0.388 e. The Labute approximate surface area is 89.6 Å². The fraction of sp³-hybridized carbons (Fsp3) is 1.00. The number of hydrogen-bond donors (Lipinski definition) is 3. The topological polar surface area (TPSA) is 79.2 Å². The van der Waals surface area contributed by atoms with Gasteiger partial charge in [-0.3, -0.25) is 0 Å². The number of aliphatic hydroxyl groups excluding tert-OH is 3. The lowest BCUT2D eigenvalue weighted by Crippen LogP contribution is -2.58. The van der Waals surface area contributed by atoms with Gasteiger partial charge >= 0.3 is 0 Å². The van der Waals surface area contributed by atoms with E-state index in [9.17, 15) is 15.3 Å². The van der Waals surface area contributed by atoms with Crippen molar-refractivity contribution < 1.29 is 24.8 Å². The van der Waals surface area contributed by atoms with Crippen molar-refractivity contribution in [1.82, 2.24) is 0 Å². The molecule has 0 aromatic rings. The Balaban J connectivity index is 2.65. The average Bonchev–Trinajstić information content (AvgIpc) is 2.18. The predicted octanol–water partition coefficient (Wildman–Crippen LogP) is -0.371. The Morgan fingerprint density at radius 2 is 1.73 bits per heavy atom. The highest BCUT2D eigenvalue weighted by atomic mass is 16.7. The molecule has 2 unspecified atom stereocenters. The monoisotopic (exact) mass is 220 g/mol. The van der Waals surface area contributed by atoms with Gasteiger partial charge in [-0.25, -0.2) is 0 Å². The van der Waals surface area contributed by atoms with Gasteiger partial charge in [0.1, 0.15) is 18.3 Å². The van der Waals surface area contributed by atoms with E-state index in [1.165, 1.54) is 0 Å². The van der Waals surface area contributed by atoms with Crippen LogP contribution in [0.1, 0.15) is 27.2 Å². The summed E-state index contributed by atoms with van der Waals surface area (Å²) >= 11 is 0. The molecule has 5 atom stereocenters. The Bertz CT molecular complexity index is 194. The summed E-state index contributed by atoms with van der Waals surface area (Å²) in [4.78, 5) is 0. The molecule has 0 aliphatic carbocycles. The van der Waals surface area contributed by atoms with Gasteiger partial charge in [0.2, 0.25) is 0 Å². The van der Waals surface area contributed by atoms with Crippen LogP contribution in [0.4, 0.5) is 0 Å². The third kappa shape index (κ3) is 2.89. The maximum atomic E-state index is 9.61. The van der Waals surface area contributed by atoms with Crippen LogP contribution in [0.2, 0.25) is 0 Å². The van der Waals surface area contributed by atoms with Crippen molar-refractivity contribution in [2.45, 2.75) is 64.0 Å². The van der Waals surface area contributed by atoms with Gasteiger partial charge in [0, 0.05) is 0 Å². The van der Waals surface area contributed by atoms with E-state index in [0.717, 1.165) is 0 Å². The van der Waals surface area contributed by atoms with E-state index in [1.807, 2.05) is 20.8 Å². The van der Waals surface area contributed by atoms with E-state index in [2.05, 4.69) is 0 Å². The first-order valence-corrected chi connectivity index (χ1v) is 5.32. The molecule has 0 spiro atoms. The quantitative estimate of drug-likeness (QED) is 0.604. The van der Waals surface area contributed by atoms with Gasteiger partial charge in [-0.2, -0.15) is 0 Å². The summed E-state index contributed by atoms with van der Waals surface area (Å²) < 4.78 is 10.7. The normalized spacial score (nSPS) is 42.2. The van der Waals surface area contributed by atoms with Crippen LogP contribution in [0.25, 0.3) is 0 Å². The molecule has 1 aliphatic heterocycles. The molecule has 1 saturated heterocycles. The Kier molecular flexibility index (Phi) is 4.48. The molecular formula is C10H20O5. The third-order valence-corrected chi connectivity index (χ3v) is 2.48. The van der Waals surface area contributed by atoms with Gasteiger partial charge in [0.15, 0.2) is 6.29 Å². The number of hydrogen-bond acceptors (Lipinski definition) is 5. The minimum atomic E-state index is -1.22. The summed E-state index contributed by atoms with van der Waals surface area (Å²) in [6.07, 6.45) is -4.39. The maximum Gasteiger partial charge on any atom is 0.186 e. The van der Waals surface area contributed by atoms with Crippen LogP contribution in [0.15, 0.2) is 0 Å². The molecule has 0 aromatic heterocycles. The third-order valence-electron chi connectivity index (χ3n) is 2.48. The molecule has 90 valence electrons. The Morgan fingerprint density at radius 3 is 2.20 bits per heavy atom. The summed E-state index contributed by atoms with van der Waals surface area (Å²) in [6, 6.07) is 0. The van der Waals surface area contributed by atoms with Crippen LogP contribution in [0.5, 0.6) is 0 Å². The lowest BCUT2D eigenvalue weighted by atomic mass is 9.97. The van der Waals surface area contributed by atoms with Crippen molar-refractivity contribution in [2.24, 2.45) is 0 Å². The van der Waals surface area contributed by atoms with Gasteiger partial charge < -0.3 is 24.8 Å². The average molecular weight is 220 g/mol. The van der Waals surface area contributed by atoms with E-state index in [0.29, 0.717) is 6.42 Å². The summed E-state index contributed by atoms with van der Waals surface area (Å²) in [5.74, 6) is 0.